The lowest BCUT2D eigenvalue weighted by molar-refractivity contribution is -0.142. The first-order valence-corrected chi connectivity index (χ1v) is 8.25. The van der Waals surface area contributed by atoms with Crippen LogP contribution in [0.5, 0.6) is 0 Å². The summed E-state index contributed by atoms with van der Waals surface area (Å²) in [5.41, 5.74) is 0. The second-order valence-corrected chi connectivity index (χ2v) is 6.48. The lowest BCUT2D eigenvalue weighted by Gasteiger charge is -2.30. The number of carbonyl (C=O) groups is 3. The van der Waals surface area contributed by atoms with Crippen LogP contribution in [0.15, 0.2) is 0 Å². The number of rotatable bonds is 8. The molecule has 0 aromatic rings. The van der Waals surface area contributed by atoms with Gasteiger partial charge in [0.05, 0.1) is 0 Å². The smallest absolute Gasteiger partial charge is 0.321 e. The molecule has 2 unspecified atom stereocenters. The minimum atomic E-state index is -0.861. The van der Waals surface area contributed by atoms with E-state index in [1.165, 1.54) is 13.8 Å². The fourth-order valence-electron chi connectivity index (χ4n) is 3.36. The summed E-state index contributed by atoms with van der Waals surface area (Å²) in [6.45, 7) is 8.09. The van der Waals surface area contributed by atoms with Crippen LogP contribution in [-0.2, 0) is 14.4 Å². The molecule has 140 valence electrons. The fraction of sp³-hybridized carbons (Fsp3) is 0.812. The third kappa shape index (κ3) is 7.05. The van der Waals surface area contributed by atoms with Gasteiger partial charge in [-0.15, -0.1) is 12.4 Å². The van der Waals surface area contributed by atoms with Gasteiger partial charge in [-0.3, -0.25) is 19.3 Å². The van der Waals surface area contributed by atoms with Gasteiger partial charge in [0.25, 0.3) is 0 Å². The minimum absolute atomic E-state index is 0. The molecule has 0 aliphatic carbocycles. The quantitative estimate of drug-likeness (QED) is 0.598. The van der Waals surface area contributed by atoms with Crippen LogP contribution in [-0.4, -0.2) is 59.0 Å². The molecule has 3 N–H and O–H groups in total. The van der Waals surface area contributed by atoms with Crippen molar-refractivity contribution in [3.63, 3.8) is 0 Å². The van der Waals surface area contributed by atoms with E-state index in [0.29, 0.717) is 19.5 Å². The number of nitrogens with one attached hydrogen (secondary N) is 2. The summed E-state index contributed by atoms with van der Waals surface area (Å²) in [7, 11) is 0. The summed E-state index contributed by atoms with van der Waals surface area (Å²) in [6, 6.07) is -0.732. The van der Waals surface area contributed by atoms with Gasteiger partial charge in [-0.25, -0.2) is 0 Å². The molecule has 0 aromatic carbocycles. The maximum absolute atomic E-state index is 11.5. The highest BCUT2D eigenvalue weighted by molar-refractivity contribution is 5.85. The van der Waals surface area contributed by atoms with Crippen molar-refractivity contribution in [3.05, 3.63) is 0 Å². The summed E-state index contributed by atoms with van der Waals surface area (Å²) >= 11 is 0. The summed E-state index contributed by atoms with van der Waals surface area (Å²) in [5, 5.41) is 15.2. The SMILES string of the molecule is CCCC(CN1C[C@H](NC(C)=O)C[C@@H]1C(=O)O)C(C)NC(C)=O.Cl. The van der Waals surface area contributed by atoms with Crippen LogP contribution in [0.4, 0.5) is 0 Å². The molecule has 1 aliphatic heterocycles. The molecular formula is C16H30ClN3O4. The molecule has 0 bridgehead atoms. The van der Waals surface area contributed by atoms with Crippen LogP contribution in [0.3, 0.4) is 0 Å². The first-order valence-electron chi connectivity index (χ1n) is 8.25. The average molecular weight is 364 g/mol. The number of carboxylic acid groups (broad SMARTS) is 1. The Kier molecular flexibility index (Phi) is 9.92. The Labute approximate surface area is 149 Å². The fourth-order valence-corrected chi connectivity index (χ4v) is 3.36. The van der Waals surface area contributed by atoms with Crippen molar-refractivity contribution in [1.29, 1.82) is 0 Å². The number of aliphatic carboxylic acids is 1. The van der Waals surface area contributed by atoms with Gasteiger partial charge in [0, 0.05) is 39.0 Å². The van der Waals surface area contributed by atoms with Crippen LogP contribution < -0.4 is 10.6 Å². The third-order valence-electron chi connectivity index (χ3n) is 4.36. The summed E-state index contributed by atoms with van der Waals surface area (Å²) in [5.74, 6) is -0.897. The van der Waals surface area contributed by atoms with E-state index in [-0.39, 0.29) is 42.2 Å². The topological polar surface area (TPSA) is 98.7 Å². The Morgan fingerprint density at radius 2 is 1.88 bits per heavy atom. The van der Waals surface area contributed by atoms with Crippen molar-refractivity contribution in [2.45, 2.75) is 65.1 Å². The summed E-state index contributed by atoms with van der Waals surface area (Å²) in [4.78, 5) is 35.9. The molecule has 1 fully saturated rings. The molecule has 0 aromatic heterocycles. The highest BCUT2D eigenvalue weighted by Gasteiger charge is 2.38. The van der Waals surface area contributed by atoms with Gasteiger partial charge in [-0.1, -0.05) is 13.3 Å². The Morgan fingerprint density at radius 1 is 1.25 bits per heavy atom. The molecular weight excluding hydrogens is 334 g/mol. The van der Waals surface area contributed by atoms with E-state index >= 15 is 0 Å². The maximum Gasteiger partial charge on any atom is 0.321 e. The molecule has 1 heterocycles. The van der Waals surface area contributed by atoms with Crippen LogP contribution in [0.1, 0.15) is 47.0 Å². The minimum Gasteiger partial charge on any atom is -0.480 e. The van der Waals surface area contributed by atoms with Crippen LogP contribution in [0.2, 0.25) is 0 Å². The van der Waals surface area contributed by atoms with Gasteiger partial charge in [0.1, 0.15) is 6.04 Å². The van der Waals surface area contributed by atoms with Crippen molar-refractivity contribution in [1.82, 2.24) is 15.5 Å². The first kappa shape index (κ1) is 22.7. The number of carboxylic acids is 1. The largest absolute Gasteiger partial charge is 0.480 e. The lowest BCUT2D eigenvalue weighted by Crippen LogP contribution is -2.46. The van der Waals surface area contributed by atoms with E-state index in [2.05, 4.69) is 17.6 Å². The number of hydrogen-bond acceptors (Lipinski definition) is 4. The highest BCUT2D eigenvalue weighted by Crippen LogP contribution is 2.23. The molecule has 0 spiro atoms. The molecule has 1 aliphatic rings. The zero-order chi connectivity index (χ0) is 17.6. The second-order valence-electron chi connectivity index (χ2n) is 6.48. The molecule has 0 saturated carbocycles. The van der Waals surface area contributed by atoms with Crippen molar-refractivity contribution in [2.75, 3.05) is 13.1 Å². The van der Waals surface area contributed by atoms with E-state index in [4.69, 9.17) is 0 Å². The van der Waals surface area contributed by atoms with E-state index in [0.717, 1.165) is 12.8 Å². The summed E-state index contributed by atoms with van der Waals surface area (Å²) in [6.07, 6.45) is 2.30. The zero-order valence-corrected chi connectivity index (χ0v) is 15.7. The third-order valence-corrected chi connectivity index (χ3v) is 4.36. The van der Waals surface area contributed by atoms with Crippen molar-refractivity contribution < 1.29 is 19.5 Å². The molecule has 24 heavy (non-hydrogen) atoms. The van der Waals surface area contributed by atoms with Gasteiger partial charge in [-0.05, 0) is 25.7 Å². The van der Waals surface area contributed by atoms with Crippen LogP contribution in [0.25, 0.3) is 0 Å². The van der Waals surface area contributed by atoms with Crippen molar-refractivity contribution >= 4 is 30.2 Å². The molecule has 7 nitrogen and oxygen atoms in total. The Bertz CT molecular complexity index is 447. The zero-order valence-electron chi connectivity index (χ0n) is 14.9. The van der Waals surface area contributed by atoms with Gasteiger partial charge in [-0.2, -0.15) is 0 Å². The molecule has 1 saturated heterocycles. The van der Waals surface area contributed by atoms with Crippen molar-refractivity contribution in [3.8, 4) is 0 Å². The Hall–Kier alpha value is -1.34. The number of nitrogens with zero attached hydrogens (tertiary/aromatic N) is 1. The summed E-state index contributed by atoms with van der Waals surface area (Å²) < 4.78 is 0. The first-order chi connectivity index (χ1) is 10.7. The highest BCUT2D eigenvalue weighted by atomic mass is 35.5. The second kappa shape index (κ2) is 10.5. The number of hydrogen-bond donors (Lipinski definition) is 3. The Morgan fingerprint density at radius 3 is 2.33 bits per heavy atom. The number of amides is 2. The van der Waals surface area contributed by atoms with E-state index in [9.17, 15) is 19.5 Å². The maximum atomic E-state index is 11.5. The molecule has 1 rings (SSSR count). The van der Waals surface area contributed by atoms with E-state index in [1.54, 1.807) is 0 Å². The lowest BCUT2D eigenvalue weighted by atomic mass is 9.95. The van der Waals surface area contributed by atoms with Gasteiger partial charge in [0.15, 0.2) is 0 Å². The Balaban J connectivity index is 0.00000529. The molecule has 4 atom stereocenters. The van der Waals surface area contributed by atoms with Gasteiger partial charge in [0.2, 0.25) is 11.8 Å². The number of halogens is 1. The molecule has 8 heteroatoms. The molecule has 2 amide bonds. The van der Waals surface area contributed by atoms with E-state index < -0.39 is 12.0 Å². The average Bonchev–Trinajstić information content (AvgIpc) is 2.79. The molecule has 0 radical (unpaired) electrons. The predicted octanol–water partition coefficient (Wildman–Crippen LogP) is 1.01. The standard InChI is InChI=1S/C16H29N3O4.ClH/c1-5-6-13(10(2)17-11(3)20)8-19-9-14(18-12(4)21)7-15(19)16(22)23;/h10,13-15H,5-9H2,1-4H3,(H,17,20)(H,18,21)(H,22,23);1H/t10?,13?,14-,15-;/m1./s1. The van der Waals surface area contributed by atoms with Gasteiger partial charge < -0.3 is 15.7 Å². The van der Waals surface area contributed by atoms with E-state index in [1.807, 2.05) is 11.8 Å². The predicted molar refractivity (Wildman–Crippen MR) is 94.1 cm³/mol. The van der Waals surface area contributed by atoms with Crippen molar-refractivity contribution in [2.24, 2.45) is 5.92 Å². The number of likely N-dealkylation sites (tertiary alicyclic amines) is 1. The van der Waals surface area contributed by atoms with Crippen LogP contribution in [0, 0.1) is 5.92 Å². The van der Waals surface area contributed by atoms with Crippen LogP contribution >= 0.6 is 12.4 Å². The van der Waals surface area contributed by atoms with Gasteiger partial charge >= 0.3 is 5.97 Å². The normalized spacial score (nSPS) is 23.0. The number of carbonyl (C=O) groups excluding carboxylic acids is 2. The monoisotopic (exact) mass is 363 g/mol.